The summed E-state index contributed by atoms with van der Waals surface area (Å²) in [5.41, 5.74) is 0. The highest BCUT2D eigenvalue weighted by atomic mass is 79.9. The van der Waals surface area contributed by atoms with Crippen LogP contribution in [0.4, 0.5) is 0 Å². The number of rotatable bonds is 0. The van der Waals surface area contributed by atoms with Crippen molar-refractivity contribution in [2.24, 2.45) is 0 Å². The Hall–Kier alpha value is -1.02. The summed E-state index contributed by atoms with van der Waals surface area (Å²) < 4.78 is 1.04. The van der Waals surface area contributed by atoms with E-state index >= 15 is 0 Å². The lowest BCUT2D eigenvalue weighted by molar-refractivity contribution is 1.75. The van der Waals surface area contributed by atoms with Crippen molar-refractivity contribution in [1.82, 2.24) is 0 Å². The van der Waals surface area contributed by atoms with Gasteiger partial charge >= 0.3 is 0 Å². The molecule has 0 aliphatic rings. The Morgan fingerprint density at radius 2 is 1.32 bits per heavy atom. The fourth-order valence-corrected chi connectivity index (χ4v) is 3.76. The van der Waals surface area contributed by atoms with Gasteiger partial charge in [-0.05, 0) is 34.4 Å². The molecule has 0 fully saturated rings. The van der Waals surface area contributed by atoms with Crippen molar-refractivity contribution in [1.29, 1.82) is 0 Å². The summed E-state index contributed by atoms with van der Waals surface area (Å²) >= 11 is 16.3. The van der Waals surface area contributed by atoms with Gasteiger partial charge in [-0.1, -0.05) is 63.4 Å². The highest BCUT2D eigenvalue weighted by Crippen LogP contribution is 2.42. The van der Waals surface area contributed by atoms with Crippen molar-refractivity contribution in [2.45, 2.75) is 0 Å². The maximum Gasteiger partial charge on any atom is 0.0485 e. The van der Waals surface area contributed by atoms with Crippen molar-refractivity contribution in [2.75, 3.05) is 0 Å². The third kappa shape index (κ3) is 1.53. The van der Waals surface area contributed by atoms with Crippen LogP contribution in [0, 0.1) is 0 Å². The first kappa shape index (κ1) is 11.8. The lowest BCUT2D eigenvalue weighted by Gasteiger charge is -2.13. The van der Waals surface area contributed by atoms with Gasteiger partial charge < -0.3 is 0 Å². The first-order valence-corrected chi connectivity index (χ1v) is 7.43. The summed E-state index contributed by atoms with van der Waals surface area (Å²) in [5, 5.41) is 8.39. The van der Waals surface area contributed by atoms with Crippen LogP contribution in [0.3, 0.4) is 0 Å². The Balaban J connectivity index is 2.48. The second-order valence-electron chi connectivity index (χ2n) is 4.63. The Bertz CT molecular complexity index is 939. The van der Waals surface area contributed by atoms with Gasteiger partial charge in [0.15, 0.2) is 0 Å². The topological polar surface area (TPSA) is 0 Å². The van der Waals surface area contributed by atoms with Crippen molar-refractivity contribution in [3.63, 3.8) is 0 Å². The molecule has 0 aliphatic heterocycles. The van der Waals surface area contributed by atoms with E-state index in [1.54, 1.807) is 0 Å². The summed E-state index contributed by atoms with van der Waals surface area (Å²) in [6, 6.07) is 14.2. The van der Waals surface area contributed by atoms with E-state index in [-0.39, 0.29) is 0 Å². The van der Waals surface area contributed by atoms with Gasteiger partial charge in [-0.2, -0.15) is 0 Å². The van der Waals surface area contributed by atoms with Gasteiger partial charge in [-0.3, -0.25) is 0 Å². The molecule has 0 bridgehead atoms. The monoisotopic (exact) mass is 348 g/mol. The zero-order chi connectivity index (χ0) is 13.1. The van der Waals surface area contributed by atoms with Gasteiger partial charge in [-0.25, -0.2) is 0 Å². The Labute approximate surface area is 128 Å². The van der Waals surface area contributed by atoms with E-state index < -0.39 is 0 Å². The Kier molecular flexibility index (Phi) is 2.47. The molecule has 0 nitrogen and oxygen atoms in total. The van der Waals surface area contributed by atoms with Crippen molar-refractivity contribution < 1.29 is 0 Å². The van der Waals surface area contributed by atoms with Crippen LogP contribution in [0.2, 0.25) is 10.0 Å². The third-order valence-electron chi connectivity index (χ3n) is 3.62. The average Bonchev–Trinajstić information content (AvgIpc) is 2.41. The second kappa shape index (κ2) is 3.99. The molecule has 0 heterocycles. The minimum atomic E-state index is 0.766. The third-order valence-corrected chi connectivity index (χ3v) is 4.94. The summed E-state index contributed by atoms with van der Waals surface area (Å²) in [6.07, 6.45) is 0. The van der Waals surface area contributed by atoms with E-state index in [2.05, 4.69) is 46.3 Å². The highest BCUT2D eigenvalue weighted by Gasteiger charge is 2.14. The smallest absolute Gasteiger partial charge is 0.0485 e. The molecule has 0 spiro atoms. The van der Waals surface area contributed by atoms with Crippen LogP contribution < -0.4 is 0 Å². The number of hydrogen-bond donors (Lipinski definition) is 0. The van der Waals surface area contributed by atoms with Gasteiger partial charge in [0.05, 0.1) is 0 Å². The largest absolute Gasteiger partial charge is 0.0837 e. The van der Waals surface area contributed by atoms with Crippen molar-refractivity contribution in [3.05, 3.63) is 57.0 Å². The molecule has 92 valence electrons. The molecular weight excluding hydrogens is 343 g/mol. The molecule has 4 aromatic carbocycles. The standard InChI is InChI=1S/C16H7BrCl2/c17-12-7-11-14(19)5-2-8-1-3-10-13(18)6-4-9(12)16(10)15(8)11/h1-7H. The zero-order valence-corrected chi connectivity index (χ0v) is 12.8. The van der Waals surface area contributed by atoms with Crippen LogP contribution in [-0.2, 0) is 0 Å². The predicted molar refractivity (Wildman–Crippen MR) is 87.9 cm³/mol. The van der Waals surface area contributed by atoms with E-state index in [0.717, 1.165) is 25.3 Å². The molecular formula is C16H7BrCl2. The minimum Gasteiger partial charge on any atom is -0.0837 e. The molecule has 0 radical (unpaired) electrons. The number of benzene rings is 4. The van der Waals surface area contributed by atoms with Gasteiger partial charge in [0, 0.05) is 30.7 Å². The molecule has 0 aromatic heterocycles. The SMILES string of the molecule is Clc1ccc2ccc3c(Cl)ccc4c(Br)cc1c2c34. The van der Waals surface area contributed by atoms with Crippen LogP contribution in [0.5, 0.6) is 0 Å². The molecule has 0 atom stereocenters. The molecule has 19 heavy (non-hydrogen) atoms. The summed E-state index contributed by atoms with van der Waals surface area (Å²) in [4.78, 5) is 0. The van der Waals surface area contributed by atoms with Gasteiger partial charge in [-0.15, -0.1) is 0 Å². The van der Waals surface area contributed by atoms with Crippen LogP contribution in [0.1, 0.15) is 0 Å². The summed E-state index contributed by atoms with van der Waals surface area (Å²) in [7, 11) is 0. The lowest BCUT2D eigenvalue weighted by Crippen LogP contribution is -1.86. The van der Waals surface area contributed by atoms with E-state index in [1.165, 1.54) is 21.5 Å². The molecule has 0 aliphatic carbocycles. The molecule has 0 unspecified atom stereocenters. The first-order chi connectivity index (χ1) is 9.16. The predicted octanol–water partition coefficient (Wildman–Crippen LogP) is 6.65. The maximum atomic E-state index is 6.34. The Morgan fingerprint density at radius 1 is 0.684 bits per heavy atom. The van der Waals surface area contributed by atoms with Gasteiger partial charge in [0.25, 0.3) is 0 Å². The average molecular weight is 350 g/mol. The quantitative estimate of drug-likeness (QED) is 0.311. The molecule has 0 N–H and O–H groups in total. The van der Waals surface area contributed by atoms with Gasteiger partial charge in [0.2, 0.25) is 0 Å². The minimum absolute atomic E-state index is 0.766. The Morgan fingerprint density at radius 3 is 2.16 bits per heavy atom. The second-order valence-corrected chi connectivity index (χ2v) is 6.30. The molecule has 3 heteroatoms. The fraction of sp³-hybridized carbons (Fsp3) is 0. The zero-order valence-electron chi connectivity index (χ0n) is 9.68. The first-order valence-electron chi connectivity index (χ1n) is 5.88. The van der Waals surface area contributed by atoms with E-state index in [1.807, 2.05) is 12.1 Å². The summed E-state index contributed by atoms with van der Waals surface area (Å²) in [6.45, 7) is 0. The highest BCUT2D eigenvalue weighted by molar-refractivity contribution is 9.10. The molecule has 0 saturated heterocycles. The normalized spacial score (nSPS) is 11.9. The summed E-state index contributed by atoms with van der Waals surface area (Å²) in [5.74, 6) is 0. The molecule has 4 aromatic rings. The van der Waals surface area contributed by atoms with Crippen LogP contribution in [0.15, 0.2) is 46.9 Å². The molecule has 0 saturated carbocycles. The van der Waals surface area contributed by atoms with Crippen LogP contribution in [-0.4, -0.2) is 0 Å². The molecule has 4 rings (SSSR count). The maximum absolute atomic E-state index is 6.34. The van der Waals surface area contributed by atoms with Crippen LogP contribution >= 0.6 is 39.1 Å². The fourth-order valence-electron chi connectivity index (χ4n) is 2.77. The van der Waals surface area contributed by atoms with Crippen molar-refractivity contribution >= 4 is 71.4 Å². The number of hydrogen-bond acceptors (Lipinski definition) is 0. The number of halogens is 3. The molecule has 0 amide bonds. The lowest BCUT2D eigenvalue weighted by atomic mass is 9.94. The van der Waals surface area contributed by atoms with E-state index in [4.69, 9.17) is 23.2 Å². The van der Waals surface area contributed by atoms with Gasteiger partial charge in [0.1, 0.15) is 0 Å². The van der Waals surface area contributed by atoms with Crippen molar-refractivity contribution in [3.8, 4) is 0 Å². The van der Waals surface area contributed by atoms with E-state index in [9.17, 15) is 0 Å². The van der Waals surface area contributed by atoms with Crippen LogP contribution in [0.25, 0.3) is 32.3 Å². The van der Waals surface area contributed by atoms with E-state index in [0.29, 0.717) is 0 Å².